The summed E-state index contributed by atoms with van der Waals surface area (Å²) in [7, 11) is -4.41. The van der Waals surface area contributed by atoms with Gasteiger partial charge in [0, 0.05) is 84.8 Å². The van der Waals surface area contributed by atoms with E-state index < -0.39 is 20.0 Å². The lowest BCUT2D eigenvalue weighted by atomic mass is 9.76. The molecular weight excluding hydrogens is 948 g/mol. The standard InChI is InChI=1S/C26H27ClN4O2S.C25H25ClN4O2S.2CH4/c1-30-16-22(29-17-30)7-5-19-14-20-15-21(27)6-8-23(20)25(26-24(19)4-3-11-28-26)18-9-12-31(13-10-18)34(2,32)33;1-33(31,32)30-11-8-17(9-12-30)24-22-7-5-20(26)14-19(22)13-18(4-6-21-15-27-16-29-21)23-3-2-10-28-25(23)24;;/h3-8,11,14-18,25H,9-10,12-13H2,1-2H3;2-7,10,13-17,24H,8-9,11-12H2,1H3,(H,27,29);2*1H4/b7-5+;6-4+;;. The minimum absolute atomic E-state index is 0. The van der Waals surface area contributed by atoms with Crippen LogP contribution in [0.3, 0.4) is 0 Å². The van der Waals surface area contributed by atoms with Gasteiger partial charge < -0.3 is 9.55 Å². The van der Waals surface area contributed by atoms with Crippen molar-refractivity contribution >= 4 is 78.7 Å². The molecule has 2 aliphatic carbocycles. The molecule has 2 saturated heterocycles. The Bertz CT molecular complexity index is 3130. The summed E-state index contributed by atoms with van der Waals surface area (Å²) in [6.07, 6.45) is 29.1. The third kappa shape index (κ3) is 11.6. The number of pyridine rings is 2. The highest BCUT2D eigenvalue weighted by Crippen LogP contribution is 2.47. The zero-order valence-electron chi connectivity index (χ0n) is 37.5. The maximum absolute atomic E-state index is 12.1. The Hall–Kier alpha value is -5.48. The first kappa shape index (κ1) is 51.4. The maximum atomic E-state index is 12.1. The van der Waals surface area contributed by atoms with Crippen LogP contribution in [0.4, 0.5) is 0 Å². The number of hydrogen-bond donors (Lipinski definition) is 1. The van der Waals surface area contributed by atoms with E-state index in [-0.39, 0.29) is 38.5 Å². The molecule has 6 heterocycles. The Kier molecular flexibility index (Phi) is 16.1. The topological polar surface area (TPSA) is 147 Å². The van der Waals surface area contributed by atoms with Gasteiger partial charge in [0.05, 0.1) is 54.1 Å². The third-order valence-electron chi connectivity index (χ3n) is 13.3. The minimum atomic E-state index is -3.18. The molecule has 69 heavy (non-hydrogen) atoms. The molecule has 362 valence electrons. The number of aromatic nitrogens is 6. The summed E-state index contributed by atoms with van der Waals surface area (Å²) in [5.74, 6) is 0.673. The van der Waals surface area contributed by atoms with Crippen LogP contribution < -0.4 is 0 Å². The van der Waals surface area contributed by atoms with Gasteiger partial charge in [-0.05, 0) is 132 Å². The fourth-order valence-corrected chi connectivity index (χ4v) is 12.2. The number of sulfonamides is 2. The van der Waals surface area contributed by atoms with E-state index in [0.29, 0.717) is 36.2 Å². The second-order valence-electron chi connectivity index (χ2n) is 17.7. The van der Waals surface area contributed by atoms with Gasteiger partial charge in [0.1, 0.15) is 0 Å². The van der Waals surface area contributed by atoms with Gasteiger partial charge >= 0.3 is 0 Å². The van der Waals surface area contributed by atoms with Crippen molar-refractivity contribution in [1.29, 1.82) is 0 Å². The zero-order chi connectivity index (χ0) is 46.9. The van der Waals surface area contributed by atoms with Gasteiger partial charge in [0.2, 0.25) is 20.0 Å². The predicted octanol–water partition coefficient (Wildman–Crippen LogP) is 10.9. The molecule has 0 bridgehead atoms. The molecule has 4 aliphatic rings. The lowest BCUT2D eigenvalue weighted by molar-refractivity contribution is 0.256. The SMILES string of the molecule is C.C.CS(=O)(=O)N1CCC(C2c3ccc(Cl)cc3C=C(/C=C/c3cnc[nH]3)c3cccnc32)CC1.Cn1cnc(/C=C/C2=Cc3cc(Cl)ccc3C(C3CCN(S(C)(=O)=O)CC3)c3ncccc32)c1. The molecule has 12 nitrogen and oxygen atoms in total. The molecule has 2 unspecified atom stereocenters. The van der Waals surface area contributed by atoms with E-state index in [4.69, 9.17) is 33.2 Å². The molecular formula is C53H60Cl2N8O4S2. The van der Waals surface area contributed by atoms with Crippen molar-refractivity contribution in [3.63, 3.8) is 0 Å². The van der Waals surface area contributed by atoms with Crippen LogP contribution in [0.25, 0.3) is 35.5 Å². The lowest BCUT2D eigenvalue weighted by Crippen LogP contribution is -2.39. The molecule has 0 saturated carbocycles. The third-order valence-corrected chi connectivity index (χ3v) is 16.4. The molecule has 4 aromatic heterocycles. The summed E-state index contributed by atoms with van der Waals surface area (Å²) < 4.78 is 53.3. The monoisotopic (exact) mass is 1010 g/mol. The van der Waals surface area contributed by atoms with Crippen molar-refractivity contribution < 1.29 is 16.8 Å². The second-order valence-corrected chi connectivity index (χ2v) is 22.5. The van der Waals surface area contributed by atoms with E-state index >= 15 is 0 Å². The summed E-state index contributed by atoms with van der Waals surface area (Å²) in [4.78, 5) is 21.3. The highest BCUT2D eigenvalue weighted by molar-refractivity contribution is 7.88. The van der Waals surface area contributed by atoms with Crippen LogP contribution in [0.15, 0.2) is 110 Å². The van der Waals surface area contributed by atoms with Crippen LogP contribution in [0.2, 0.25) is 10.0 Å². The molecule has 0 spiro atoms. The van der Waals surface area contributed by atoms with Crippen LogP contribution in [0.1, 0.15) is 109 Å². The van der Waals surface area contributed by atoms with Gasteiger partial charge in [-0.25, -0.2) is 35.4 Å². The normalized spacial score (nSPS) is 19.0. The minimum Gasteiger partial charge on any atom is -0.345 e. The molecule has 0 amide bonds. The first-order valence-electron chi connectivity index (χ1n) is 22.3. The molecule has 2 fully saturated rings. The summed E-state index contributed by atoms with van der Waals surface area (Å²) >= 11 is 12.8. The Balaban J connectivity index is 0.000000198. The van der Waals surface area contributed by atoms with Gasteiger partial charge in [-0.2, -0.15) is 0 Å². The fourth-order valence-electron chi connectivity index (χ4n) is 10.1. The second kappa shape index (κ2) is 21.7. The van der Waals surface area contributed by atoms with Crippen molar-refractivity contribution in [2.24, 2.45) is 18.9 Å². The van der Waals surface area contributed by atoms with Gasteiger partial charge in [-0.15, -0.1) is 0 Å². The number of nitrogens with one attached hydrogen (secondary N) is 1. The number of aryl methyl sites for hydroxylation is 1. The first-order valence-corrected chi connectivity index (χ1v) is 26.8. The fraction of sp³-hybridized carbons (Fsp3) is 0.321. The van der Waals surface area contributed by atoms with E-state index in [1.54, 1.807) is 27.5 Å². The number of nitrogens with zero attached hydrogens (tertiary/aromatic N) is 7. The van der Waals surface area contributed by atoms with E-state index in [1.165, 1.54) is 23.6 Å². The number of aromatic amines is 1. The Morgan fingerprint density at radius 2 is 1.13 bits per heavy atom. The van der Waals surface area contributed by atoms with E-state index in [0.717, 1.165) is 81.9 Å². The number of fused-ring (bicyclic) bond motifs is 4. The van der Waals surface area contributed by atoms with Crippen molar-refractivity contribution in [3.8, 4) is 0 Å². The van der Waals surface area contributed by atoms with Crippen LogP contribution in [0, 0.1) is 11.8 Å². The summed E-state index contributed by atoms with van der Waals surface area (Å²) in [5, 5.41) is 1.37. The molecule has 0 radical (unpaired) electrons. The van der Waals surface area contributed by atoms with Crippen LogP contribution in [0.5, 0.6) is 0 Å². The Morgan fingerprint density at radius 3 is 1.55 bits per heavy atom. The predicted molar refractivity (Wildman–Crippen MR) is 282 cm³/mol. The van der Waals surface area contributed by atoms with Gasteiger partial charge in [0.25, 0.3) is 0 Å². The largest absolute Gasteiger partial charge is 0.345 e. The molecule has 10 rings (SSSR count). The Morgan fingerprint density at radius 1 is 0.652 bits per heavy atom. The molecule has 16 heteroatoms. The van der Waals surface area contributed by atoms with Crippen molar-refractivity contribution in [2.75, 3.05) is 38.7 Å². The number of imidazole rings is 2. The van der Waals surface area contributed by atoms with Gasteiger partial charge in [0.15, 0.2) is 0 Å². The van der Waals surface area contributed by atoms with Crippen LogP contribution in [-0.2, 0) is 27.1 Å². The van der Waals surface area contributed by atoms with Gasteiger partial charge in [-0.3, -0.25) is 9.97 Å². The van der Waals surface area contributed by atoms with Crippen molar-refractivity contribution in [2.45, 2.75) is 52.4 Å². The highest BCUT2D eigenvalue weighted by atomic mass is 35.5. The van der Waals surface area contributed by atoms with Gasteiger partial charge in [-0.1, -0.05) is 74.5 Å². The van der Waals surface area contributed by atoms with Crippen molar-refractivity contribution in [1.82, 2.24) is 38.1 Å². The number of piperidine rings is 2. The number of allylic oxidation sites excluding steroid dienone is 4. The number of halogens is 2. The van der Waals surface area contributed by atoms with E-state index in [9.17, 15) is 16.8 Å². The number of rotatable bonds is 8. The van der Waals surface area contributed by atoms with Crippen LogP contribution >= 0.6 is 23.2 Å². The molecule has 2 aromatic carbocycles. The van der Waals surface area contributed by atoms with Crippen LogP contribution in [-0.4, -0.2) is 93.6 Å². The molecule has 6 aromatic rings. The lowest BCUT2D eigenvalue weighted by Gasteiger charge is -2.35. The smallest absolute Gasteiger partial charge is 0.211 e. The summed E-state index contributed by atoms with van der Waals surface area (Å²) in [6, 6.07) is 20.2. The number of hydrogen-bond acceptors (Lipinski definition) is 8. The Labute approximate surface area is 417 Å². The summed E-state index contributed by atoms with van der Waals surface area (Å²) in [5.41, 5.74) is 12.6. The molecule has 2 aliphatic heterocycles. The summed E-state index contributed by atoms with van der Waals surface area (Å²) in [6.45, 7) is 2.13. The number of benzene rings is 2. The molecule has 1 N–H and O–H groups in total. The van der Waals surface area contributed by atoms with E-state index in [1.807, 2.05) is 78.8 Å². The average Bonchev–Trinajstić information content (AvgIpc) is 3.94. The first-order chi connectivity index (χ1) is 32.2. The number of H-pyrrole nitrogens is 1. The average molecular weight is 1010 g/mol. The zero-order valence-corrected chi connectivity index (χ0v) is 40.6. The molecule has 2 atom stereocenters. The maximum Gasteiger partial charge on any atom is 0.211 e. The van der Waals surface area contributed by atoms with E-state index in [2.05, 4.69) is 63.5 Å². The van der Waals surface area contributed by atoms with Crippen molar-refractivity contribution in [3.05, 3.63) is 176 Å². The quantitative estimate of drug-likeness (QED) is 0.159. The highest BCUT2D eigenvalue weighted by Gasteiger charge is 2.37.